The largest absolute Gasteiger partial charge is 0.497 e. The molecule has 3 aromatic rings. The number of aromatic nitrogens is 3. The number of cyclic esters (lactones) is 1. The lowest BCUT2D eigenvalue weighted by Crippen LogP contribution is -2.61. The minimum Gasteiger partial charge on any atom is -0.497 e. The van der Waals surface area contributed by atoms with Gasteiger partial charge < -0.3 is 73.5 Å². The number of amides is 2. The van der Waals surface area contributed by atoms with E-state index in [0.717, 1.165) is 11.1 Å². The molecule has 0 spiro atoms. The Balaban J connectivity index is 1.29. The van der Waals surface area contributed by atoms with Crippen molar-refractivity contribution in [2.75, 3.05) is 41.9 Å². The zero-order valence-electron chi connectivity index (χ0n) is 50.2. The van der Waals surface area contributed by atoms with Crippen LogP contribution in [0.3, 0.4) is 0 Å². The summed E-state index contributed by atoms with van der Waals surface area (Å²) in [7, 11) is 8.61. The Morgan fingerprint density at radius 2 is 1.55 bits per heavy atom. The molecular weight excluding hydrogens is 1110 g/mol. The van der Waals surface area contributed by atoms with E-state index in [1.807, 2.05) is 63.8 Å². The molecule has 0 radical (unpaired) electrons. The summed E-state index contributed by atoms with van der Waals surface area (Å²) in [5, 5.41) is 52.5. The maximum Gasteiger partial charge on any atom is 0.407 e. The lowest BCUT2D eigenvalue weighted by Gasteiger charge is -2.49. The van der Waals surface area contributed by atoms with Crippen LogP contribution in [0.4, 0.5) is 9.59 Å². The monoisotopic (exact) mass is 1190 g/mol. The first kappa shape index (κ1) is 66.7. The normalized spacial score (nSPS) is 35.4. The van der Waals surface area contributed by atoms with Crippen molar-refractivity contribution in [1.29, 1.82) is 0 Å². The number of esters is 1. The van der Waals surface area contributed by atoms with Gasteiger partial charge in [-0.3, -0.25) is 9.69 Å². The Morgan fingerprint density at radius 3 is 2.17 bits per heavy atom. The number of alkyl carbamates (subject to hydrolysis) is 2. The van der Waals surface area contributed by atoms with Crippen LogP contribution in [0.15, 0.2) is 48.7 Å². The summed E-state index contributed by atoms with van der Waals surface area (Å²) in [6.45, 7) is 18.2. The van der Waals surface area contributed by atoms with E-state index in [1.54, 1.807) is 89.9 Å². The molecule has 0 bridgehead atoms. The molecule has 22 nitrogen and oxygen atoms in total. The Bertz CT molecular complexity index is 2560. The fourth-order valence-corrected chi connectivity index (χ4v) is 12.3. The maximum absolute atomic E-state index is 15.0. The van der Waals surface area contributed by atoms with Gasteiger partial charge in [-0.2, -0.15) is 0 Å². The standard InChI is InChI=1S/C58H89Cl2N7O15/c1-16-45-58(10,73)50(81-54(70)61-27-38-17-21-42(74-14)22-18-38)36(6)66(13)29-32(2)25-56(8,72)49(80-53-47(68)44(65(11)12)23-33(3)76-53)34(4)48(35(5)52(69)78-45)79-46-26-57(9,75-15)51(37(7)77-46)82-55(71)62-28-41-31-67(64-63-41)30-39-19-20-40(59)24-43(39)60/h17-22,24,31-37,44-51,53,68,72-73H,16,23,25-30H2,1-15H3,(H,61,70)(H,62,71)/t32-,33-,34+,35-,36+,37+,44+,45+,46+,47-,48-,49-,50+,51+,53+,56-,57-,58-/m1/s1. The minimum absolute atomic E-state index is 0.0139. The third-order valence-corrected chi connectivity index (χ3v) is 17.1. The van der Waals surface area contributed by atoms with Crippen LogP contribution in [0, 0.1) is 17.8 Å². The predicted octanol–water partition coefficient (Wildman–Crippen LogP) is 6.72. The van der Waals surface area contributed by atoms with Gasteiger partial charge in [0.05, 0.1) is 62.3 Å². The van der Waals surface area contributed by atoms with Crippen molar-refractivity contribution in [2.24, 2.45) is 17.8 Å². The highest BCUT2D eigenvalue weighted by Crippen LogP contribution is 2.41. The smallest absolute Gasteiger partial charge is 0.407 e. The van der Waals surface area contributed by atoms with Crippen molar-refractivity contribution >= 4 is 41.4 Å². The second-order valence-electron chi connectivity index (χ2n) is 23.6. The number of carbonyl (C=O) groups is 3. The summed E-state index contributed by atoms with van der Waals surface area (Å²) >= 11 is 12.4. The second kappa shape index (κ2) is 28.6. The Kier molecular flexibility index (Phi) is 23.3. The Labute approximate surface area is 492 Å². The molecule has 5 N–H and O–H groups in total. The molecule has 82 heavy (non-hydrogen) atoms. The number of halogens is 2. The highest BCUT2D eigenvalue weighted by atomic mass is 35.5. The van der Waals surface area contributed by atoms with Gasteiger partial charge in [0, 0.05) is 54.7 Å². The molecule has 460 valence electrons. The van der Waals surface area contributed by atoms with E-state index < -0.39 is 108 Å². The van der Waals surface area contributed by atoms with Crippen molar-refractivity contribution in [3.63, 3.8) is 0 Å². The van der Waals surface area contributed by atoms with Crippen molar-refractivity contribution < 1.29 is 72.3 Å². The topological polar surface area (TPSA) is 256 Å². The van der Waals surface area contributed by atoms with E-state index in [9.17, 15) is 24.9 Å². The maximum atomic E-state index is 15.0. The first-order valence-electron chi connectivity index (χ1n) is 28.2. The van der Waals surface area contributed by atoms with Crippen molar-refractivity contribution in [2.45, 2.75) is 205 Å². The first-order chi connectivity index (χ1) is 38.5. The number of nitrogens with one attached hydrogen (secondary N) is 2. The average Bonchev–Trinajstić information content (AvgIpc) is 3.92. The number of nitrogens with zero attached hydrogens (tertiary/aromatic N) is 5. The summed E-state index contributed by atoms with van der Waals surface area (Å²) in [6.07, 6.45) is -9.65. The van der Waals surface area contributed by atoms with Gasteiger partial charge in [-0.25, -0.2) is 14.3 Å². The SMILES string of the molecule is CC[C@@H]1OC(=O)[C@H](C)[C@H](O[C@H]2C[C@@](C)(OC)[C@@H](OC(=O)NCc3cn(Cc4ccc(Cl)cc4Cl)nn3)[C@H](C)O2)[C@H](C)[C@@H](O[C@@H]2O[C@H](C)C[C@H](N(C)C)[C@H]2O)[C@](C)(O)C[C@@H](C)CN(C)[C@@H](C)[C@H](OC(=O)NCc2ccc(OC)cc2)[C@]1(C)O. The highest BCUT2D eigenvalue weighted by molar-refractivity contribution is 6.35. The van der Waals surface area contributed by atoms with Gasteiger partial charge in [-0.1, -0.05) is 67.4 Å². The molecular formula is C58H89Cl2N7O15. The van der Waals surface area contributed by atoms with Crippen LogP contribution in [0.5, 0.6) is 5.75 Å². The molecule has 0 aliphatic carbocycles. The second-order valence-corrected chi connectivity index (χ2v) is 24.5. The number of aliphatic hydroxyl groups excluding tert-OH is 1. The molecule has 0 unspecified atom stereocenters. The van der Waals surface area contributed by atoms with Gasteiger partial charge in [-0.05, 0) is 130 Å². The highest BCUT2D eigenvalue weighted by Gasteiger charge is 2.54. The van der Waals surface area contributed by atoms with Gasteiger partial charge in [0.15, 0.2) is 24.8 Å². The fraction of sp³-hybridized carbons (Fsp3) is 0.707. The van der Waals surface area contributed by atoms with Crippen LogP contribution < -0.4 is 15.4 Å². The number of benzene rings is 2. The average molecular weight is 1200 g/mol. The molecule has 18 atom stereocenters. The third kappa shape index (κ3) is 16.7. The van der Waals surface area contributed by atoms with Gasteiger partial charge in [0.25, 0.3) is 0 Å². The zero-order chi connectivity index (χ0) is 60.6. The number of hydrogen-bond donors (Lipinski definition) is 5. The summed E-state index contributed by atoms with van der Waals surface area (Å²) in [5.74, 6) is -2.47. The molecule has 1 aromatic heterocycles. The van der Waals surface area contributed by atoms with E-state index >= 15 is 4.79 Å². The van der Waals surface area contributed by atoms with Crippen LogP contribution in [0.25, 0.3) is 0 Å². The number of ether oxygens (including phenoxy) is 9. The molecule has 2 aromatic carbocycles. The summed E-state index contributed by atoms with van der Waals surface area (Å²) in [6, 6.07) is 11.3. The molecule has 6 rings (SSSR count). The van der Waals surface area contributed by atoms with Crippen LogP contribution in [-0.4, -0.2) is 190 Å². The van der Waals surface area contributed by atoms with Gasteiger partial charge in [-0.15, -0.1) is 5.10 Å². The number of hydrogen-bond acceptors (Lipinski definition) is 19. The molecule has 3 aliphatic heterocycles. The Hall–Kier alpha value is -4.43. The summed E-state index contributed by atoms with van der Waals surface area (Å²) in [4.78, 5) is 46.2. The quantitative estimate of drug-likeness (QED) is 0.0736. The van der Waals surface area contributed by atoms with Gasteiger partial charge >= 0.3 is 18.2 Å². The lowest BCUT2D eigenvalue weighted by molar-refractivity contribution is -0.317. The van der Waals surface area contributed by atoms with E-state index in [0.29, 0.717) is 41.0 Å². The molecule has 3 aliphatic rings. The van der Waals surface area contributed by atoms with Crippen molar-refractivity contribution in [3.05, 3.63) is 75.5 Å². The van der Waals surface area contributed by atoms with E-state index in [2.05, 4.69) is 20.9 Å². The summed E-state index contributed by atoms with van der Waals surface area (Å²) < 4.78 is 58.3. The number of aliphatic hydroxyl groups is 3. The molecule has 3 saturated heterocycles. The lowest BCUT2D eigenvalue weighted by atomic mass is 9.77. The minimum atomic E-state index is -1.97. The van der Waals surface area contributed by atoms with Gasteiger partial charge in [0.1, 0.15) is 34.9 Å². The fourth-order valence-electron chi connectivity index (χ4n) is 11.9. The van der Waals surface area contributed by atoms with Crippen LogP contribution >= 0.6 is 23.2 Å². The van der Waals surface area contributed by atoms with Crippen LogP contribution in [0.2, 0.25) is 10.0 Å². The Morgan fingerprint density at radius 1 is 0.890 bits per heavy atom. The van der Waals surface area contributed by atoms with E-state index in [-0.39, 0.29) is 50.4 Å². The third-order valence-electron chi connectivity index (χ3n) is 16.5. The number of rotatable bonds is 16. The number of carbonyl (C=O) groups excluding carboxylic acids is 3. The number of methoxy groups -OCH3 is 2. The molecule has 0 saturated carbocycles. The van der Waals surface area contributed by atoms with Crippen LogP contribution in [0.1, 0.15) is 112 Å². The van der Waals surface area contributed by atoms with Crippen molar-refractivity contribution in [1.82, 2.24) is 35.4 Å². The van der Waals surface area contributed by atoms with E-state index in [1.165, 1.54) is 14.0 Å². The van der Waals surface area contributed by atoms with E-state index in [4.69, 9.17) is 65.8 Å². The number of likely N-dealkylation sites (N-methyl/N-ethyl adjacent to an activating group) is 2. The molecule has 4 heterocycles. The molecule has 2 amide bonds. The van der Waals surface area contributed by atoms with Crippen molar-refractivity contribution in [3.8, 4) is 5.75 Å². The van der Waals surface area contributed by atoms with Gasteiger partial charge in [0.2, 0.25) is 0 Å². The summed E-state index contributed by atoms with van der Waals surface area (Å²) in [5.41, 5.74) is -2.89. The van der Waals surface area contributed by atoms with Crippen LogP contribution in [-0.2, 0) is 62.3 Å². The first-order valence-corrected chi connectivity index (χ1v) is 29.0. The molecule has 24 heteroatoms. The molecule has 3 fully saturated rings. The predicted molar refractivity (Wildman–Crippen MR) is 305 cm³/mol. The zero-order valence-corrected chi connectivity index (χ0v) is 51.7.